The largest absolute Gasteiger partial charge is 0.496 e. The van der Waals surface area contributed by atoms with E-state index in [0.717, 1.165) is 28.1 Å². The molecule has 0 unspecified atom stereocenters. The van der Waals surface area contributed by atoms with E-state index in [9.17, 15) is 0 Å². The normalized spacial score (nSPS) is 11.2. The molecule has 0 saturated heterocycles. The van der Waals surface area contributed by atoms with E-state index in [0.29, 0.717) is 11.3 Å². The smallest absolute Gasteiger partial charge is 0.216 e. The number of aromatic nitrogens is 5. The number of hydrogen-bond donors (Lipinski definition) is 1. The Kier molecular flexibility index (Phi) is 5.11. The van der Waals surface area contributed by atoms with Crippen molar-refractivity contribution in [2.45, 2.75) is 6.54 Å². The van der Waals surface area contributed by atoms with Gasteiger partial charge in [-0.1, -0.05) is 42.5 Å². The molecule has 7 nitrogen and oxygen atoms in total. The van der Waals surface area contributed by atoms with E-state index in [2.05, 4.69) is 27.4 Å². The van der Waals surface area contributed by atoms with Crippen molar-refractivity contribution in [1.82, 2.24) is 24.7 Å². The van der Waals surface area contributed by atoms with Crippen LogP contribution in [0.2, 0.25) is 0 Å². The van der Waals surface area contributed by atoms with Crippen molar-refractivity contribution in [3.63, 3.8) is 0 Å². The van der Waals surface area contributed by atoms with Gasteiger partial charge in [-0.25, -0.2) is 0 Å². The van der Waals surface area contributed by atoms with Crippen LogP contribution >= 0.6 is 12.2 Å². The second-order valence-corrected chi connectivity index (χ2v) is 6.45. The topological polar surface area (TPSA) is 73.0 Å². The highest BCUT2D eigenvalue weighted by Crippen LogP contribution is 2.30. The third kappa shape index (κ3) is 3.77. The standard InChI is InChI=1S/C20H18N6OS/c1-27-18-10-6-5-9-17(18)19-16(11-22-26-14-21-23-20(26)28)13-25(24-19)12-15-7-3-2-4-8-15/h2-11,13-14H,12H2,1H3,(H,23,28)/b22-11-. The molecule has 1 N–H and O–H groups in total. The van der Waals surface area contributed by atoms with Gasteiger partial charge < -0.3 is 4.74 Å². The van der Waals surface area contributed by atoms with Gasteiger partial charge in [-0.2, -0.15) is 20.0 Å². The summed E-state index contributed by atoms with van der Waals surface area (Å²) in [6.07, 6.45) is 5.21. The van der Waals surface area contributed by atoms with Crippen LogP contribution in [-0.2, 0) is 6.54 Å². The quantitative estimate of drug-likeness (QED) is 0.402. The maximum atomic E-state index is 5.52. The van der Waals surface area contributed by atoms with Gasteiger partial charge in [0.25, 0.3) is 0 Å². The molecule has 0 amide bonds. The van der Waals surface area contributed by atoms with Gasteiger partial charge in [-0.15, -0.1) is 0 Å². The molecule has 2 aromatic carbocycles. The highest BCUT2D eigenvalue weighted by atomic mass is 32.1. The average Bonchev–Trinajstić information content (AvgIpc) is 3.32. The fourth-order valence-corrected chi connectivity index (χ4v) is 3.03. The van der Waals surface area contributed by atoms with E-state index in [1.807, 2.05) is 53.3 Å². The third-order valence-corrected chi connectivity index (χ3v) is 4.47. The van der Waals surface area contributed by atoms with Crippen LogP contribution < -0.4 is 4.74 Å². The third-order valence-electron chi connectivity index (χ3n) is 4.20. The second kappa shape index (κ2) is 8.01. The lowest BCUT2D eigenvalue weighted by Gasteiger charge is -2.06. The first-order valence-electron chi connectivity index (χ1n) is 8.66. The summed E-state index contributed by atoms with van der Waals surface area (Å²) >= 11 is 5.15. The van der Waals surface area contributed by atoms with Crippen LogP contribution in [0.15, 0.2) is 72.2 Å². The van der Waals surface area contributed by atoms with Crippen LogP contribution in [0.5, 0.6) is 5.75 Å². The van der Waals surface area contributed by atoms with Crippen LogP contribution in [0, 0.1) is 4.77 Å². The molecule has 2 heterocycles. The zero-order valence-corrected chi connectivity index (χ0v) is 16.0. The van der Waals surface area contributed by atoms with E-state index >= 15 is 0 Å². The molecule has 28 heavy (non-hydrogen) atoms. The van der Waals surface area contributed by atoms with Crippen LogP contribution in [0.4, 0.5) is 0 Å². The van der Waals surface area contributed by atoms with E-state index in [1.165, 1.54) is 11.0 Å². The van der Waals surface area contributed by atoms with Crippen molar-refractivity contribution in [3.05, 3.63) is 83.0 Å². The second-order valence-electron chi connectivity index (χ2n) is 6.07. The van der Waals surface area contributed by atoms with Crippen LogP contribution in [0.3, 0.4) is 0 Å². The Morgan fingerprint density at radius 2 is 1.93 bits per heavy atom. The number of aromatic amines is 1. The fourth-order valence-electron chi connectivity index (χ4n) is 2.88. The molecule has 4 rings (SSSR count). The maximum Gasteiger partial charge on any atom is 0.216 e. The Morgan fingerprint density at radius 1 is 1.14 bits per heavy atom. The number of nitrogens with zero attached hydrogens (tertiary/aromatic N) is 5. The Bertz CT molecular complexity index is 1160. The van der Waals surface area contributed by atoms with E-state index in [1.54, 1.807) is 13.3 Å². The van der Waals surface area contributed by atoms with Gasteiger partial charge in [-0.3, -0.25) is 9.78 Å². The lowest BCUT2D eigenvalue weighted by molar-refractivity contribution is 0.416. The van der Waals surface area contributed by atoms with Gasteiger partial charge in [-0.05, 0) is 29.9 Å². The molecule has 0 radical (unpaired) electrons. The molecule has 0 spiro atoms. The monoisotopic (exact) mass is 390 g/mol. The molecule has 140 valence electrons. The highest BCUT2D eigenvalue weighted by molar-refractivity contribution is 7.71. The van der Waals surface area contributed by atoms with Gasteiger partial charge in [0.2, 0.25) is 4.77 Å². The molecule has 0 fully saturated rings. The van der Waals surface area contributed by atoms with Gasteiger partial charge in [0.05, 0.1) is 19.9 Å². The van der Waals surface area contributed by atoms with Crippen molar-refractivity contribution in [2.24, 2.45) is 5.10 Å². The summed E-state index contributed by atoms with van der Waals surface area (Å²) in [7, 11) is 1.65. The number of ether oxygens (including phenoxy) is 1. The Balaban J connectivity index is 1.77. The zero-order chi connectivity index (χ0) is 19.3. The molecular formula is C20H18N6OS. The number of hydrogen-bond acceptors (Lipinski definition) is 5. The number of para-hydroxylation sites is 1. The number of benzene rings is 2. The molecular weight excluding hydrogens is 372 g/mol. The van der Waals surface area contributed by atoms with Crippen LogP contribution in [0.25, 0.3) is 11.3 Å². The Hall–Kier alpha value is -3.52. The molecule has 8 heteroatoms. The van der Waals surface area contributed by atoms with Crippen molar-refractivity contribution in [2.75, 3.05) is 7.11 Å². The molecule has 2 aromatic heterocycles. The van der Waals surface area contributed by atoms with E-state index < -0.39 is 0 Å². The van der Waals surface area contributed by atoms with Crippen molar-refractivity contribution >= 4 is 18.4 Å². The molecule has 0 aliphatic heterocycles. The van der Waals surface area contributed by atoms with E-state index in [4.69, 9.17) is 22.1 Å². The molecule has 0 bridgehead atoms. The highest BCUT2D eigenvalue weighted by Gasteiger charge is 2.14. The zero-order valence-electron chi connectivity index (χ0n) is 15.2. The van der Waals surface area contributed by atoms with Crippen molar-refractivity contribution in [3.8, 4) is 17.0 Å². The summed E-state index contributed by atoms with van der Waals surface area (Å²) in [5.74, 6) is 0.752. The van der Waals surface area contributed by atoms with Gasteiger partial charge in [0, 0.05) is 17.3 Å². The number of H-pyrrole nitrogens is 1. The Morgan fingerprint density at radius 3 is 2.68 bits per heavy atom. The summed E-state index contributed by atoms with van der Waals surface area (Å²) in [5.41, 5.74) is 3.70. The molecule has 4 aromatic rings. The summed E-state index contributed by atoms with van der Waals surface area (Å²) in [6.45, 7) is 0.655. The van der Waals surface area contributed by atoms with Crippen LogP contribution in [-0.4, -0.2) is 38.0 Å². The first-order chi connectivity index (χ1) is 13.7. The Labute approximate surface area is 166 Å². The SMILES string of the molecule is COc1ccccc1-c1nn(Cc2ccccc2)cc1/C=N\n1cn[nH]c1=S. The fraction of sp³-hybridized carbons (Fsp3) is 0.100. The average molecular weight is 390 g/mol. The predicted octanol–water partition coefficient (Wildman–Crippen LogP) is 3.74. The molecule has 0 saturated carbocycles. The minimum absolute atomic E-state index is 0.423. The minimum Gasteiger partial charge on any atom is -0.496 e. The van der Waals surface area contributed by atoms with Crippen molar-refractivity contribution in [1.29, 1.82) is 0 Å². The van der Waals surface area contributed by atoms with Gasteiger partial charge >= 0.3 is 0 Å². The summed E-state index contributed by atoms with van der Waals surface area (Å²) in [4.78, 5) is 0. The van der Waals surface area contributed by atoms with Gasteiger partial charge in [0.15, 0.2) is 0 Å². The minimum atomic E-state index is 0.423. The lowest BCUT2D eigenvalue weighted by atomic mass is 10.1. The van der Waals surface area contributed by atoms with Gasteiger partial charge in [0.1, 0.15) is 17.8 Å². The maximum absolute atomic E-state index is 5.52. The first-order valence-corrected chi connectivity index (χ1v) is 9.06. The summed E-state index contributed by atoms with van der Waals surface area (Å²) < 4.78 is 9.34. The molecule has 0 atom stereocenters. The predicted molar refractivity (Wildman–Crippen MR) is 110 cm³/mol. The summed E-state index contributed by atoms with van der Waals surface area (Å²) in [6, 6.07) is 18.0. The first kappa shape index (κ1) is 17.9. The molecule has 0 aliphatic rings. The number of nitrogens with one attached hydrogen (secondary N) is 1. The number of methoxy groups -OCH3 is 1. The lowest BCUT2D eigenvalue weighted by Crippen LogP contribution is -2.00. The van der Waals surface area contributed by atoms with Crippen molar-refractivity contribution < 1.29 is 4.74 Å². The van der Waals surface area contributed by atoms with Crippen LogP contribution in [0.1, 0.15) is 11.1 Å². The van der Waals surface area contributed by atoms with E-state index in [-0.39, 0.29) is 0 Å². The summed E-state index contributed by atoms with van der Waals surface area (Å²) in [5, 5.41) is 15.8. The molecule has 0 aliphatic carbocycles. The number of rotatable bonds is 6.